The summed E-state index contributed by atoms with van der Waals surface area (Å²) in [5.74, 6) is 0.375. The molecule has 1 saturated heterocycles. The second-order valence-electron chi connectivity index (χ2n) is 6.30. The zero-order valence-corrected chi connectivity index (χ0v) is 15.5. The molecule has 10 heteroatoms. The molecule has 3 rings (SSSR count). The molecule has 9 nitrogen and oxygen atoms in total. The molecule has 0 saturated carbocycles. The van der Waals surface area contributed by atoms with Gasteiger partial charge >= 0.3 is 11.1 Å². The summed E-state index contributed by atoms with van der Waals surface area (Å²) in [6.07, 6.45) is 0.868. The number of nitrogens with one attached hydrogen (secondary N) is 1. The largest absolute Gasteiger partial charge is 0.491 e. The summed E-state index contributed by atoms with van der Waals surface area (Å²) in [5.41, 5.74) is 1.15. The molecule has 1 aliphatic heterocycles. The highest BCUT2D eigenvalue weighted by Gasteiger charge is 2.17. The van der Waals surface area contributed by atoms with Crippen molar-refractivity contribution >= 4 is 23.1 Å². The van der Waals surface area contributed by atoms with E-state index in [1.807, 2.05) is 24.3 Å². The van der Waals surface area contributed by atoms with Gasteiger partial charge in [0.25, 0.3) is 0 Å². The van der Waals surface area contributed by atoms with Crippen LogP contribution in [0.5, 0.6) is 5.75 Å². The van der Waals surface area contributed by atoms with E-state index in [0.717, 1.165) is 31.9 Å². The minimum Gasteiger partial charge on any atom is -0.491 e. The van der Waals surface area contributed by atoms with Gasteiger partial charge in [0.1, 0.15) is 18.6 Å². The third-order valence-electron chi connectivity index (χ3n) is 4.37. The number of benzene rings is 1. The molecule has 0 amide bonds. The summed E-state index contributed by atoms with van der Waals surface area (Å²) >= 11 is 5.85. The Morgan fingerprint density at radius 2 is 2.04 bits per heavy atom. The van der Waals surface area contributed by atoms with Crippen molar-refractivity contribution in [3.63, 3.8) is 0 Å². The standard InChI is InChI=1S/C17H22ClN5O4/c18-17-20-16(23(25)26)11-22(17)8-5-14(24)12-27-15-3-1-13(2-4-15)21-9-6-19-7-10-21/h1-4,11,14,19,24H,5-10,12H2/t14-/m1/s1. The van der Waals surface area contributed by atoms with Crippen LogP contribution < -0.4 is 15.0 Å². The Morgan fingerprint density at radius 3 is 2.67 bits per heavy atom. The molecule has 1 aromatic heterocycles. The topological polar surface area (TPSA) is 106 Å². The van der Waals surface area contributed by atoms with Gasteiger partial charge in [0.15, 0.2) is 0 Å². The zero-order valence-electron chi connectivity index (χ0n) is 14.8. The first-order chi connectivity index (χ1) is 13.0. The molecule has 1 aliphatic rings. The highest BCUT2D eigenvalue weighted by Crippen LogP contribution is 2.20. The third-order valence-corrected chi connectivity index (χ3v) is 4.67. The van der Waals surface area contributed by atoms with Crippen LogP contribution in [0.3, 0.4) is 0 Å². The smallest absolute Gasteiger partial charge is 0.383 e. The predicted molar refractivity (Wildman–Crippen MR) is 102 cm³/mol. The number of aryl methyl sites for hydroxylation is 1. The van der Waals surface area contributed by atoms with Crippen molar-refractivity contribution in [2.75, 3.05) is 37.7 Å². The fourth-order valence-corrected chi connectivity index (χ4v) is 3.09. The molecule has 1 atom stereocenters. The van der Waals surface area contributed by atoms with Crippen LogP contribution in [-0.4, -0.2) is 58.5 Å². The number of imidazole rings is 1. The molecule has 0 unspecified atom stereocenters. The van der Waals surface area contributed by atoms with Crippen LogP contribution in [0.2, 0.25) is 5.28 Å². The summed E-state index contributed by atoms with van der Waals surface area (Å²) < 4.78 is 7.06. The highest BCUT2D eigenvalue weighted by molar-refractivity contribution is 6.28. The van der Waals surface area contributed by atoms with E-state index >= 15 is 0 Å². The lowest BCUT2D eigenvalue weighted by Gasteiger charge is -2.29. The van der Waals surface area contributed by atoms with Crippen molar-refractivity contribution in [3.8, 4) is 5.75 Å². The van der Waals surface area contributed by atoms with Gasteiger partial charge in [-0.15, -0.1) is 0 Å². The lowest BCUT2D eigenvalue weighted by molar-refractivity contribution is -0.389. The van der Waals surface area contributed by atoms with Gasteiger partial charge in [-0.3, -0.25) is 4.57 Å². The Morgan fingerprint density at radius 1 is 1.33 bits per heavy atom. The zero-order chi connectivity index (χ0) is 19.2. The number of aromatic nitrogens is 2. The lowest BCUT2D eigenvalue weighted by atomic mass is 10.2. The van der Waals surface area contributed by atoms with E-state index in [4.69, 9.17) is 16.3 Å². The second kappa shape index (κ2) is 9.03. The number of nitro groups is 1. The Labute approximate surface area is 161 Å². The minimum absolute atomic E-state index is 0.0262. The molecule has 2 N–H and O–H groups in total. The van der Waals surface area contributed by atoms with E-state index in [1.165, 1.54) is 10.8 Å². The summed E-state index contributed by atoms with van der Waals surface area (Å²) in [6.45, 7) is 4.36. The van der Waals surface area contributed by atoms with E-state index in [1.54, 1.807) is 0 Å². The summed E-state index contributed by atoms with van der Waals surface area (Å²) in [7, 11) is 0. The number of aliphatic hydroxyl groups excluding tert-OH is 1. The van der Waals surface area contributed by atoms with Crippen LogP contribution in [0.15, 0.2) is 30.5 Å². The average Bonchev–Trinajstić information content (AvgIpc) is 3.07. The molecule has 0 spiro atoms. The van der Waals surface area contributed by atoms with E-state index in [2.05, 4.69) is 15.2 Å². The summed E-state index contributed by atoms with van der Waals surface area (Å²) in [4.78, 5) is 16.0. The van der Waals surface area contributed by atoms with Gasteiger partial charge in [0.2, 0.25) is 0 Å². The maximum atomic E-state index is 10.7. The fourth-order valence-electron chi connectivity index (χ4n) is 2.87. The van der Waals surface area contributed by atoms with Crippen LogP contribution >= 0.6 is 11.6 Å². The van der Waals surface area contributed by atoms with E-state index in [9.17, 15) is 15.2 Å². The number of nitrogens with zero attached hydrogens (tertiary/aromatic N) is 4. The van der Waals surface area contributed by atoms with Gasteiger partial charge in [-0.1, -0.05) is 0 Å². The van der Waals surface area contributed by atoms with Crippen molar-refractivity contribution in [2.45, 2.75) is 19.1 Å². The van der Waals surface area contributed by atoms with E-state index in [0.29, 0.717) is 18.7 Å². The lowest BCUT2D eigenvalue weighted by Crippen LogP contribution is -2.43. The number of rotatable bonds is 8. The first kappa shape index (κ1) is 19.4. The molecule has 2 aromatic rings. The Balaban J connectivity index is 1.44. The number of hydrogen-bond acceptors (Lipinski definition) is 7. The Bertz CT molecular complexity index is 761. The average molecular weight is 396 g/mol. The van der Waals surface area contributed by atoms with E-state index in [-0.39, 0.29) is 17.7 Å². The quantitative estimate of drug-likeness (QED) is 0.517. The first-order valence-corrected chi connectivity index (χ1v) is 9.14. The summed E-state index contributed by atoms with van der Waals surface area (Å²) in [6, 6.07) is 7.80. The molecule has 0 radical (unpaired) electrons. The van der Waals surface area contributed by atoms with Gasteiger partial charge in [-0.05, 0) is 52.2 Å². The number of aliphatic hydroxyl groups is 1. The third kappa shape index (κ3) is 5.31. The molecular weight excluding hydrogens is 374 g/mol. The number of piperazine rings is 1. The van der Waals surface area contributed by atoms with Crippen molar-refractivity contribution in [1.82, 2.24) is 14.9 Å². The van der Waals surface area contributed by atoms with Crippen molar-refractivity contribution in [3.05, 3.63) is 45.9 Å². The molecule has 0 aliphatic carbocycles. The Kier molecular flexibility index (Phi) is 6.49. The molecule has 146 valence electrons. The van der Waals surface area contributed by atoms with Crippen LogP contribution in [-0.2, 0) is 6.54 Å². The number of hydrogen-bond donors (Lipinski definition) is 2. The number of anilines is 1. The number of ether oxygens (including phenoxy) is 1. The minimum atomic E-state index is -0.727. The van der Waals surface area contributed by atoms with Gasteiger partial charge in [0.05, 0.1) is 6.10 Å². The van der Waals surface area contributed by atoms with Crippen molar-refractivity contribution < 1.29 is 14.8 Å². The van der Waals surface area contributed by atoms with Crippen LogP contribution in [0.25, 0.3) is 0 Å². The van der Waals surface area contributed by atoms with E-state index < -0.39 is 11.0 Å². The molecule has 2 heterocycles. The van der Waals surface area contributed by atoms with Crippen molar-refractivity contribution in [1.29, 1.82) is 0 Å². The fraction of sp³-hybridized carbons (Fsp3) is 0.471. The van der Waals surface area contributed by atoms with Gasteiger partial charge < -0.3 is 30.2 Å². The molecule has 27 heavy (non-hydrogen) atoms. The summed E-state index contributed by atoms with van der Waals surface area (Å²) in [5, 5.41) is 24.1. The maximum Gasteiger partial charge on any atom is 0.383 e. The normalized spacial score (nSPS) is 15.6. The van der Waals surface area contributed by atoms with Gasteiger partial charge in [-0.25, -0.2) is 0 Å². The highest BCUT2D eigenvalue weighted by atomic mass is 35.5. The van der Waals surface area contributed by atoms with Crippen LogP contribution in [0.1, 0.15) is 6.42 Å². The van der Waals surface area contributed by atoms with Crippen molar-refractivity contribution in [2.24, 2.45) is 0 Å². The van der Waals surface area contributed by atoms with Crippen LogP contribution in [0, 0.1) is 10.1 Å². The number of halogens is 1. The van der Waals surface area contributed by atoms with Gasteiger partial charge in [0, 0.05) is 38.4 Å². The second-order valence-corrected chi connectivity index (χ2v) is 6.64. The molecule has 0 bridgehead atoms. The monoisotopic (exact) mass is 395 g/mol. The Hall–Kier alpha value is -2.36. The maximum absolute atomic E-state index is 10.7. The van der Waals surface area contributed by atoms with Gasteiger partial charge in [-0.2, -0.15) is 0 Å². The SMILES string of the molecule is O=[N+]([O-])c1cn(CC[C@@H](O)COc2ccc(N3CCNCC3)cc2)c(Cl)n1. The first-order valence-electron chi connectivity index (χ1n) is 8.76. The predicted octanol–water partition coefficient (Wildman–Crippen LogP) is 1.68. The van der Waals surface area contributed by atoms with Crippen LogP contribution in [0.4, 0.5) is 11.5 Å². The molecule has 1 fully saturated rings. The molecule has 1 aromatic carbocycles. The molecular formula is C17H22ClN5O4.